The molecule has 0 unspecified atom stereocenters. The molecule has 0 bridgehead atoms. The fraction of sp³-hybridized carbons (Fsp3) is 0.130. The molecule has 0 aliphatic carbocycles. The van der Waals surface area contributed by atoms with Gasteiger partial charge >= 0.3 is 11.9 Å². The first-order chi connectivity index (χ1) is 17.1. The second kappa shape index (κ2) is 8.72. The molecule has 0 atom stereocenters. The SMILES string of the molecule is Cn1c(=O)c(-c2ccc(Cl)cc2)c(-c2ncccn2)c2nn(Cc3ccc(C(F)(F)F)nc3)c(=O)n21. The number of pyridine rings is 1. The van der Waals surface area contributed by atoms with E-state index in [-0.39, 0.29) is 29.1 Å². The minimum atomic E-state index is -4.58. The van der Waals surface area contributed by atoms with Gasteiger partial charge < -0.3 is 0 Å². The van der Waals surface area contributed by atoms with Crippen molar-refractivity contribution < 1.29 is 13.2 Å². The van der Waals surface area contributed by atoms with Gasteiger partial charge in [-0.2, -0.15) is 17.7 Å². The minimum absolute atomic E-state index is 0.0955. The fourth-order valence-electron chi connectivity index (χ4n) is 3.78. The van der Waals surface area contributed by atoms with Gasteiger partial charge in [-0.15, -0.1) is 5.10 Å². The van der Waals surface area contributed by atoms with Crippen LogP contribution >= 0.6 is 11.6 Å². The molecule has 0 saturated carbocycles. The van der Waals surface area contributed by atoms with E-state index in [0.717, 1.165) is 26.1 Å². The third kappa shape index (κ3) is 4.05. The molecule has 0 amide bonds. The molecule has 0 saturated heterocycles. The summed E-state index contributed by atoms with van der Waals surface area (Å²) in [5.41, 5.74) is -0.879. The lowest BCUT2D eigenvalue weighted by Crippen LogP contribution is -2.33. The molecule has 4 heterocycles. The topological polar surface area (TPSA) is 100.0 Å². The van der Waals surface area contributed by atoms with Crippen LogP contribution in [0.3, 0.4) is 0 Å². The lowest BCUT2D eigenvalue weighted by Gasteiger charge is -2.12. The summed E-state index contributed by atoms with van der Waals surface area (Å²) in [6.07, 6.45) is -0.575. The molecular formula is C23H15ClF3N7O2. The zero-order chi connectivity index (χ0) is 25.6. The number of nitrogens with zero attached hydrogens (tertiary/aromatic N) is 7. The van der Waals surface area contributed by atoms with E-state index in [1.807, 2.05) is 0 Å². The van der Waals surface area contributed by atoms with Crippen molar-refractivity contribution in [3.05, 3.63) is 98.2 Å². The summed E-state index contributed by atoms with van der Waals surface area (Å²) in [4.78, 5) is 38.7. The van der Waals surface area contributed by atoms with Gasteiger partial charge in [-0.1, -0.05) is 29.8 Å². The molecule has 182 valence electrons. The van der Waals surface area contributed by atoms with Crippen molar-refractivity contribution in [2.75, 3.05) is 0 Å². The molecule has 0 spiro atoms. The van der Waals surface area contributed by atoms with Crippen molar-refractivity contribution in [1.82, 2.24) is 33.9 Å². The van der Waals surface area contributed by atoms with Crippen LogP contribution in [0.25, 0.3) is 28.2 Å². The Morgan fingerprint density at radius 2 is 1.64 bits per heavy atom. The maximum absolute atomic E-state index is 13.5. The van der Waals surface area contributed by atoms with Gasteiger partial charge in [-0.05, 0) is 35.4 Å². The molecule has 5 rings (SSSR count). The van der Waals surface area contributed by atoms with Crippen LogP contribution in [0.15, 0.2) is 70.6 Å². The molecule has 1 aromatic carbocycles. The van der Waals surface area contributed by atoms with Crippen LogP contribution in [0.5, 0.6) is 0 Å². The standard InChI is InChI=1S/C23H15ClF3N7O2/c1-32-21(35)17(14-4-6-15(24)7-5-14)18(19-28-9-2-10-29-19)20-31-33(22(36)34(20)32)12-13-3-8-16(30-11-13)23(25,26)27/h2-11H,12H2,1H3. The number of hydrogen-bond donors (Lipinski definition) is 0. The van der Waals surface area contributed by atoms with Crippen molar-refractivity contribution >= 4 is 17.2 Å². The van der Waals surface area contributed by atoms with Crippen LogP contribution < -0.4 is 11.2 Å². The zero-order valence-corrected chi connectivity index (χ0v) is 19.2. The average molecular weight is 514 g/mol. The van der Waals surface area contributed by atoms with Crippen molar-refractivity contribution in [2.24, 2.45) is 7.05 Å². The summed E-state index contributed by atoms with van der Waals surface area (Å²) in [5, 5.41) is 4.88. The predicted octanol–water partition coefficient (Wildman–Crippen LogP) is 3.43. The Balaban J connectivity index is 1.74. The largest absolute Gasteiger partial charge is 0.433 e. The Bertz CT molecular complexity index is 1690. The molecule has 36 heavy (non-hydrogen) atoms. The summed E-state index contributed by atoms with van der Waals surface area (Å²) < 4.78 is 41.8. The van der Waals surface area contributed by atoms with E-state index in [2.05, 4.69) is 20.1 Å². The van der Waals surface area contributed by atoms with Crippen LogP contribution in [0.2, 0.25) is 5.02 Å². The minimum Gasteiger partial charge on any atom is -0.267 e. The summed E-state index contributed by atoms with van der Waals surface area (Å²) in [6.45, 7) is -0.175. The lowest BCUT2D eigenvalue weighted by molar-refractivity contribution is -0.141. The summed E-state index contributed by atoms with van der Waals surface area (Å²) in [7, 11) is 1.41. The Morgan fingerprint density at radius 3 is 2.25 bits per heavy atom. The number of rotatable bonds is 4. The smallest absolute Gasteiger partial charge is 0.267 e. The molecule has 13 heteroatoms. The first kappa shape index (κ1) is 23.4. The summed E-state index contributed by atoms with van der Waals surface area (Å²) in [6, 6.07) is 10.2. The highest BCUT2D eigenvalue weighted by Gasteiger charge is 2.32. The first-order valence-corrected chi connectivity index (χ1v) is 10.8. The number of aryl methyl sites for hydroxylation is 1. The Morgan fingerprint density at radius 1 is 0.944 bits per heavy atom. The number of alkyl halides is 3. The van der Waals surface area contributed by atoms with Gasteiger partial charge in [0.1, 0.15) is 5.69 Å². The highest BCUT2D eigenvalue weighted by atomic mass is 35.5. The van der Waals surface area contributed by atoms with E-state index in [0.29, 0.717) is 16.1 Å². The molecule has 0 aliphatic heterocycles. The van der Waals surface area contributed by atoms with Crippen LogP contribution in [-0.2, 0) is 19.8 Å². The van der Waals surface area contributed by atoms with E-state index in [1.54, 1.807) is 30.3 Å². The molecule has 0 radical (unpaired) electrons. The van der Waals surface area contributed by atoms with E-state index in [1.165, 1.54) is 25.5 Å². The zero-order valence-electron chi connectivity index (χ0n) is 18.4. The van der Waals surface area contributed by atoms with Gasteiger partial charge in [0.25, 0.3) is 5.56 Å². The third-order valence-corrected chi connectivity index (χ3v) is 5.72. The van der Waals surface area contributed by atoms with Crippen molar-refractivity contribution in [2.45, 2.75) is 12.7 Å². The van der Waals surface area contributed by atoms with Gasteiger partial charge in [0.15, 0.2) is 11.5 Å². The molecule has 5 aromatic rings. The quantitative estimate of drug-likeness (QED) is 0.365. The van der Waals surface area contributed by atoms with Crippen molar-refractivity contribution in [3.8, 4) is 22.5 Å². The van der Waals surface area contributed by atoms with Crippen molar-refractivity contribution in [1.29, 1.82) is 0 Å². The molecule has 0 N–H and O–H groups in total. The number of aromatic nitrogens is 7. The van der Waals surface area contributed by atoms with E-state index < -0.39 is 23.1 Å². The Labute approximate surface area is 205 Å². The number of hydrogen-bond acceptors (Lipinski definition) is 6. The Kier molecular flexibility index (Phi) is 5.67. The van der Waals surface area contributed by atoms with E-state index in [9.17, 15) is 22.8 Å². The van der Waals surface area contributed by atoms with Gasteiger partial charge in [0.05, 0.1) is 17.7 Å². The van der Waals surface area contributed by atoms with E-state index >= 15 is 0 Å². The molecule has 9 nitrogen and oxygen atoms in total. The van der Waals surface area contributed by atoms with Crippen LogP contribution in [0, 0.1) is 0 Å². The number of fused-ring (bicyclic) bond motifs is 1. The van der Waals surface area contributed by atoms with Gasteiger partial charge in [0, 0.05) is 30.7 Å². The monoisotopic (exact) mass is 513 g/mol. The maximum atomic E-state index is 13.5. The number of halogens is 4. The number of benzene rings is 1. The van der Waals surface area contributed by atoms with Gasteiger partial charge in [-0.3, -0.25) is 9.78 Å². The van der Waals surface area contributed by atoms with Gasteiger partial charge in [0.2, 0.25) is 0 Å². The van der Waals surface area contributed by atoms with Crippen LogP contribution in [-0.4, -0.2) is 33.9 Å². The first-order valence-electron chi connectivity index (χ1n) is 10.4. The predicted molar refractivity (Wildman–Crippen MR) is 125 cm³/mol. The molecule has 4 aromatic heterocycles. The highest BCUT2D eigenvalue weighted by molar-refractivity contribution is 6.30. The normalized spacial score (nSPS) is 11.8. The fourth-order valence-corrected chi connectivity index (χ4v) is 3.91. The second-order valence-electron chi connectivity index (χ2n) is 7.78. The van der Waals surface area contributed by atoms with Crippen LogP contribution in [0.1, 0.15) is 11.3 Å². The van der Waals surface area contributed by atoms with Crippen molar-refractivity contribution in [3.63, 3.8) is 0 Å². The average Bonchev–Trinajstić information content (AvgIpc) is 3.18. The molecule has 0 fully saturated rings. The third-order valence-electron chi connectivity index (χ3n) is 5.47. The lowest BCUT2D eigenvalue weighted by atomic mass is 10.0. The molecule has 0 aliphatic rings. The van der Waals surface area contributed by atoms with E-state index in [4.69, 9.17) is 11.6 Å². The highest BCUT2D eigenvalue weighted by Crippen LogP contribution is 2.31. The summed E-state index contributed by atoms with van der Waals surface area (Å²) in [5.74, 6) is 0.165. The second-order valence-corrected chi connectivity index (χ2v) is 8.22. The molecular weight excluding hydrogens is 499 g/mol. The maximum Gasteiger partial charge on any atom is 0.433 e. The Hall–Kier alpha value is -4.32. The van der Waals surface area contributed by atoms with Crippen LogP contribution in [0.4, 0.5) is 13.2 Å². The van der Waals surface area contributed by atoms with Gasteiger partial charge in [-0.25, -0.2) is 24.1 Å². The summed E-state index contributed by atoms with van der Waals surface area (Å²) >= 11 is 6.02.